The number of aryl methyl sites for hydroxylation is 1. The molecule has 28 heavy (non-hydrogen) atoms. The summed E-state index contributed by atoms with van der Waals surface area (Å²) in [5.41, 5.74) is 6.61. The molecule has 2 aromatic carbocycles. The molecule has 0 unspecified atom stereocenters. The zero-order valence-corrected chi connectivity index (χ0v) is 16.4. The lowest BCUT2D eigenvalue weighted by atomic mass is 10.1. The highest BCUT2D eigenvalue weighted by Gasteiger charge is 2.25. The predicted octanol–water partition coefficient (Wildman–Crippen LogP) is 4.29. The van der Waals surface area contributed by atoms with Crippen LogP contribution in [0.5, 0.6) is 0 Å². The first kappa shape index (κ1) is 19.8. The van der Waals surface area contributed by atoms with Gasteiger partial charge in [0.15, 0.2) is 0 Å². The number of cyclic esters (lactones) is 1. The lowest BCUT2D eigenvalue weighted by Gasteiger charge is -2.10. The minimum absolute atomic E-state index is 0.00541. The fraction of sp³-hybridized carbons (Fsp3) is 0.318. The molecule has 0 amide bonds. The number of amidine groups is 1. The van der Waals surface area contributed by atoms with E-state index in [1.54, 1.807) is 0 Å². The van der Waals surface area contributed by atoms with Gasteiger partial charge in [-0.1, -0.05) is 38.1 Å². The van der Waals surface area contributed by atoms with Crippen LogP contribution in [0.1, 0.15) is 37.0 Å². The second-order valence-electron chi connectivity index (χ2n) is 7.10. The molecular weight excluding hydrogens is 354 g/mol. The lowest BCUT2D eigenvalue weighted by Crippen LogP contribution is -2.11. The van der Waals surface area contributed by atoms with E-state index in [-0.39, 0.29) is 11.7 Å². The highest BCUT2D eigenvalue weighted by atomic mass is 16.6. The summed E-state index contributed by atoms with van der Waals surface area (Å²) in [7, 11) is 0. The van der Waals surface area contributed by atoms with E-state index in [0.29, 0.717) is 12.5 Å². The number of carbonyl (C=O) groups is 1. The van der Waals surface area contributed by atoms with E-state index in [1.807, 2.05) is 55.5 Å². The SMILES string of the molecule is Cc1ccc(NN=C2N=C(c3ccccc3)OC2=O)cc1COCCC(C)C. The van der Waals surface area contributed by atoms with Crippen molar-refractivity contribution in [3.05, 3.63) is 65.2 Å². The molecular formula is C22H25N3O3. The highest BCUT2D eigenvalue weighted by molar-refractivity contribution is 6.43. The molecule has 6 heteroatoms. The Hall–Kier alpha value is -2.99. The van der Waals surface area contributed by atoms with E-state index >= 15 is 0 Å². The smallest absolute Gasteiger partial charge is 0.385 e. The zero-order valence-electron chi connectivity index (χ0n) is 16.4. The van der Waals surface area contributed by atoms with E-state index < -0.39 is 5.97 Å². The van der Waals surface area contributed by atoms with Crippen molar-refractivity contribution in [1.82, 2.24) is 0 Å². The van der Waals surface area contributed by atoms with Gasteiger partial charge >= 0.3 is 5.97 Å². The zero-order chi connectivity index (χ0) is 19.9. The molecule has 0 spiro atoms. The van der Waals surface area contributed by atoms with Gasteiger partial charge in [-0.25, -0.2) is 4.79 Å². The molecule has 0 saturated heterocycles. The van der Waals surface area contributed by atoms with Crippen molar-refractivity contribution in [2.75, 3.05) is 12.0 Å². The van der Waals surface area contributed by atoms with Gasteiger partial charge in [0, 0.05) is 12.2 Å². The molecule has 0 fully saturated rings. The number of carbonyl (C=O) groups excluding carboxylic acids is 1. The number of nitrogens with zero attached hydrogens (tertiary/aromatic N) is 2. The third-order valence-electron chi connectivity index (χ3n) is 4.34. The third-order valence-corrected chi connectivity index (χ3v) is 4.34. The summed E-state index contributed by atoms with van der Waals surface area (Å²) in [6.07, 6.45) is 1.04. The fourth-order valence-corrected chi connectivity index (χ4v) is 2.59. The Morgan fingerprint density at radius 3 is 2.71 bits per heavy atom. The van der Waals surface area contributed by atoms with Crippen molar-refractivity contribution in [1.29, 1.82) is 0 Å². The summed E-state index contributed by atoms with van der Waals surface area (Å²) in [5.74, 6) is 0.302. The van der Waals surface area contributed by atoms with Crippen LogP contribution < -0.4 is 5.43 Å². The van der Waals surface area contributed by atoms with E-state index in [4.69, 9.17) is 9.47 Å². The van der Waals surface area contributed by atoms with E-state index in [0.717, 1.165) is 35.4 Å². The van der Waals surface area contributed by atoms with Gasteiger partial charge in [0.05, 0.1) is 12.3 Å². The largest absolute Gasteiger partial charge is 0.401 e. The lowest BCUT2D eigenvalue weighted by molar-refractivity contribution is -0.127. The normalized spacial score (nSPS) is 15.1. The number of aliphatic imine (C=N–C) groups is 1. The quantitative estimate of drug-likeness (QED) is 0.422. The van der Waals surface area contributed by atoms with Crippen LogP contribution in [0.15, 0.2) is 58.6 Å². The summed E-state index contributed by atoms with van der Waals surface area (Å²) < 4.78 is 11.0. The summed E-state index contributed by atoms with van der Waals surface area (Å²) in [6, 6.07) is 15.1. The Kier molecular flexibility index (Phi) is 6.55. The van der Waals surface area contributed by atoms with Crippen molar-refractivity contribution in [3.63, 3.8) is 0 Å². The molecule has 0 aliphatic carbocycles. The molecule has 0 radical (unpaired) electrons. The second kappa shape index (κ2) is 9.28. The fourth-order valence-electron chi connectivity index (χ4n) is 2.59. The molecule has 0 bridgehead atoms. The Bertz CT molecular complexity index is 889. The Balaban J connectivity index is 1.66. The summed E-state index contributed by atoms with van der Waals surface area (Å²) in [4.78, 5) is 16.2. The number of ether oxygens (including phenoxy) is 2. The number of hydrazone groups is 1. The Labute approximate surface area is 165 Å². The average Bonchev–Trinajstić information content (AvgIpc) is 3.06. The third kappa shape index (κ3) is 5.27. The van der Waals surface area contributed by atoms with Crippen LogP contribution in [0, 0.1) is 12.8 Å². The number of nitrogens with one attached hydrogen (secondary N) is 1. The predicted molar refractivity (Wildman–Crippen MR) is 110 cm³/mol. The molecule has 1 N–H and O–H groups in total. The molecule has 3 rings (SSSR count). The van der Waals surface area contributed by atoms with Gasteiger partial charge in [0.1, 0.15) is 0 Å². The van der Waals surface area contributed by atoms with Gasteiger partial charge in [0.25, 0.3) is 5.84 Å². The van der Waals surface area contributed by atoms with Crippen molar-refractivity contribution in [2.45, 2.75) is 33.8 Å². The Morgan fingerprint density at radius 2 is 1.96 bits per heavy atom. The highest BCUT2D eigenvalue weighted by Crippen LogP contribution is 2.17. The van der Waals surface area contributed by atoms with Crippen molar-refractivity contribution in [3.8, 4) is 0 Å². The van der Waals surface area contributed by atoms with Gasteiger partial charge < -0.3 is 9.47 Å². The van der Waals surface area contributed by atoms with Crippen LogP contribution in [-0.4, -0.2) is 24.3 Å². The first-order chi connectivity index (χ1) is 13.5. The van der Waals surface area contributed by atoms with E-state index in [9.17, 15) is 4.79 Å². The van der Waals surface area contributed by atoms with Gasteiger partial charge in [0.2, 0.25) is 5.90 Å². The van der Waals surface area contributed by atoms with Gasteiger partial charge in [-0.2, -0.15) is 4.99 Å². The van der Waals surface area contributed by atoms with Crippen LogP contribution in [0.2, 0.25) is 0 Å². The number of rotatable bonds is 8. The number of anilines is 1. The van der Waals surface area contributed by atoms with Crippen LogP contribution >= 0.6 is 0 Å². The van der Waals surface area contributed by atoms with Crippen LogP contribution in [0.25, 0.3) is 0 Å². The summed E-state index contributed by atoms with van der Waals surface area (Å²) >= 11 is 0. The standard InChI is InChI=1S/C22H25N3O3/c1-15(2)11-12-27-14-18-13-19(10-9-16(18)3)24-25-20-22(26)28-21(23-20)17-7-5-4-6-8-17/h4-10,13,15,24H,11-12,14H2,1-3H3. The van der Waals surface area contributed by atoms with Gasteiger partial charge in [-0.3, -0.25) is 5.43 Å². The first-order valence-electron chi connectivity index (χ1n) is 9.40. The minimum atomic E-state index is -0.573. The molecule has 1 aliphatic heterocycles. The molecule has 1 aliphatic rings. The minimum Gasteiger partial charge on any atom is -0.401 e. The number of esters is 1. The van der Waals surface area contributed by atoms with Crippen molar-refractivity contribution >= 4 is 23.4 Å². The van der Waals surface area contributed by atoms with Gasteiger partial charge in [-0.05, 0) is 54.7 Å². The van der Waals surface area contributed by atoms with E-state index in [1.165, 1.54) is 0 Å². The summed E-state index contributed by atoms with van der Waals surface area (Å²) in [6.45, 7) is 7.68. The van der Waals surface area contributed by atoms with E-state index in [2.05, 4.69) is 29.4 Å². The maximum Gasteiger partial charge on any atom is 0.385 e. The first-order valence-corrected chi connectivity index (χ1v) is 9.40. The molecule has 0 atom stereocenters. The molecule has 0 aromatic heterocycles. The van der Waals surface area contributed by atoms with Gasteiger partial charge in [-0.15, -0.1) is 5.10 Å². The molecule has 0 saturated carbocycles. The number of hydrogen-bond acceptors (Lipinski definition) is 5. The Morgan fingerprint density at radius 1 is 1.18 bits per heavy atom. The average molecular weight is 379 g/mol. The topological polar surface area (TPSA) is 72.3 Å². The van der Waals surface area contributed by atoms with Crippen molar-refractivity contribution < 1.29 is 14.3 Å². The summed E-state index contributed by atoms with van der Waals surface area (Å²) in [5, 5.41) is 4.10. The molecule has 146 valence electrons. The molecule has 2 aromatic rings. The van der Waals surface area contributed by atoms with Crippen molar-refractivity contribution in [2.24, 2.45) is 16.0 Å². The van der Waals surface area contributed by atoms with Crippen LogP contribution in [-0.2, 0) is 20.9 Å². The van der Waals surface area contributed by atoms with Crippen LogP contribution in [0.4, 0.5) is 5.69 Å². The molecule has 1 heterocycles. The number of hydrogen-bond donors (Lipinski definition) is 1. The maximum absolute atomic E-state index is 12.0. The van der Waals surface area contributed by atoms with Crippen LogP contribution in [0.3, 0.4) is 0 Å². The second-order valence-corrected chi connectivity index (χ2v) is 7.10. The molecule has 6 nitrogen and oxygen atoms in total. The maximum atomic E-state index is 12.0. The monoisotopic (exact) mass is 379 g/mol. The number of benzene rings is 2.